The second-order valence-electron chi connectivity index (χ2n) is 7.01. The Labute approximate surface area is 118 Å². The molecular formula is C17H28N2. The molecule has 1 aromatic carbocycles. The van der Waals surface area contributed by atoms with Crippen LogP contribution in [-0.4, -0.2) is 25.0 Å². The Balaban J connectivity index is 2.09. The van der Waals surface area contributed by atoms with Gasteiger partial charge in [0.05, 0.1) is 0 Å². The number of rotatable bonds is 5. The van der Waals surface area contributed by atoms with Gasteiger partial charge >= 0.3 is 0 Å². The lowest BCUT2D eigenvalue weighted by atomic mass is 9.86. The summed E-state index contributed by atoms with van der Waals surface area (Å²) in [6, 6.07) is 9.36. The molecule has 1 atom stereocenters. The fraction of sp³-hybridized carbons (Fsp3) is 0.647. The first-order chi connectivity index (χ1) is 8.91. The molecule has 0 heterocycles. The van der Waals surface area contributed by atoms with Crippen LogP contribution in [0.1, 0.15) is 50.8 Å². The molecule has 2 nitrogen and oxygen atoms in total. The molecule has 0 spiro atoms. The van der Waals surface area contributed by atoms with Gasteiger partial charge in [0.1, 0.15) is 0 Å². The molecule has 1 fully saturated rings. The van der Waals surface area contributed by atoms with Gasteiger partial charge in [0.25, 0.3) is 0 Å². The van der Waals surface area contributed by atoms with Gasteiger partial charge in [-0.15, -0.1) is 0 Å². The molecule has 0 amide bonds. The molecule has 0 saturated heterocycles. The quantitative estimate of drug-likeness (QED) is 0.880. The van der Waals surface area contributed by atoms with Crippen molar-refractivity contribution in [2.45, 2.75) is 45.1 Å². The molecule has 1 aliphatic rings. The van der Waals surface area contributed by atoms with E-state index in [2.05, 4.69) is 57.0 Å². The summed E-state index contributed by atoms with van der Waals surface area (Å²) in [4.78, 5) is 2.42. The summed E-state index contributed by atoms with van der Waals surface area (Å²) < 4.78 is 0. The molecule has 106 valence electrons. The highest BCUT2D eigenvalue weighted by Gasteiger charge is 2.26. The van der Waals surface area contributed by atoms with Gasteiger partial charge in [0.15, 0.2) is 0 Å². The smallest absolute Gasteiger partial charge is 0.0467 e. The fourth-order valence-electron chi connectivity index (χ4n) is 2.61. The summed E-state index contributed by atoms with van der Waals surface area (Å²) >= 11 is 0. The molecule has 0 aromatic heterocycles. The van der Waals surface area contributed by atoms with Crippen molar-refractivity contribution in [1.82, 2.24) is 4.90 Å². The van der Waals surface area contributed by atoms with Gasteiger partial charge in [-0.05, 0) is 42.3 Å². The molecule has 2 heteroatoms. The van der Waals surface area contributed by atoms with Crippen LogP contribution in [-0.2, 0) is 5.41 Å². The van der Waals surface area contributed by atoms with E-state index in [0.717, 1.165) is 5.92 Å². The highest BCUT2D eigenvalue weighted by Crippen LogP contribution is 2.32. The molecule has 19 heavy (non-hydrogen) atoms. The van der Waals surface area contributed by atoms with Crippen LogP contribution in [0.25, 0.3) is 0 Å². The lowest BCUT2D eigenvalue weighted by Gasteiger charge is -2.28. The van der Waals surface area contributed by atoms with Crippen LogP contribution in [0.3, 0.4) is 0 Å². The van der Waals surface area contributed by atoms with Crippen molar-refractivity contribution in [1.29, 1.82) is 0 Å². The van der Waals surface area contributed by atoms with Gasteiger partial charge in [-0.3, -0.25) is 4.90 Å². The molecule has 2 rings (SSSR count). The third kappa shape index (κ3) is 3.80. The van der Waals surface area contributed by atoms with Gasteiger partial charge in [0.2, 0.25) is 0 Å². The van der Waals surface area contributed by atoms with E-state index in [4.69, 9.17) is 5.73 Å². The van der Waals surface area contributed by atoms with E-state index in [-0.39, 0.29) is 5.41 Å². The maximum absolute atomic E-state index is 5.98. The Bertz CT molecular complexity index is 398. The first-order valence-electron chi connectivity index (χ1n) is 7.42. The van der Waals surface area contributed by atoms with Crippen LogP contribution in [0.15, 0.2) is 24.3 Å². The van der Waals surface area contributed by atoms with Gasteiger partial charge in [0, 0.05) is 19.1 Å². The fourth-order valence-corrected chi connectivity index (χ4v) is 2.61. The lowest BCUT2D eigenvalue weighted by molar-refractivity contribution is 0.240. The van der Waals surface area contributed by atoms with Gasteiger partial charge in [-0.25, -0.2) is 0 Å². The third-order valence-corrected chi connectivity index (χ3v) is 4.16. The number of hydrogen-bond donors (Lipinski definition) is 1. The summed E-state index contributed by atoms with van der Waals surface area (Å²) in [6.07, 6.45) is 2.79. The number of benzene rings is 1. The Hall–Kier alpha value is -0.860. The van der Waals surface area contributed by atoms with Crippen LogP contribution in [0.5, 0.6) is 0 Å². The number of nitrogens with zero attached hydrogens (tertiary/aromatic N) is 1. The Morgan fingerprint density at radius 2 is 1.79 bits per heavy atom. The van der Waals surface area contributed by atoms with E-state index in [0.29, 0.717) is 12.6 Å². The first-order valence-corrected chi connectivity index (χ1v) is 7.42. The topological polar surface area (TPSA) is 29.3 Å². The number of nitrogens with two attached hydrogens (primary N) is 1. The zero-order chi connectivity index (χ0) is 14.0. The maximum atomic E-state index is 5.98. The third-order valence-electron chi connectivity index (χ3n) is 4.16. The van der Waals surface area contributed by atoms with Crippen molar-refractivity contribution < 1.29 is 0 Å². The summed E-state index contributed by atoms with van der Waals surface area (Å²) in [5.41, 5.74) is 8.93. The second-order valence-corrected chi connectivity index (χ2v) is 7.01. The van der Waals surface area contributed by atoms with Crippen LogP contribution in [0, 0.1) is 5.92 Å². The van der Waals surface area contributed by atoms with E-state index in [1.54, 1.807) is 0 Å². The predicted molar refractivity (Wildman–Crippen MR) is 82.3 cm³/mol. The van der Waals surface area contributed by atoms with Crippen molar-refractivity contribution >= 4 is 0 Å². The Morgan fingerprint density at radius 3 is 2.21 bits per heavy atom. The van der Waals surface area contributed by atoms with Crippen molar-refractivity contribution in [2.24, 2.45) is 11.7 Å². The molecule has 1 unspecified atom stereocenters. The van der Waals surface area contributed by atoms with E-state index in [1.807, 2.05) is 0 Å². The van der Waals surface area contributed by atoms with E-state index in [9.17, 15) is 0 Å². The van der Waals surface area contributed by atoms with Gasteiger partial charge < -0.3 is 5.73 Å². The summed E-state index contributed by atoms with van der Waals surface area (Å²) in [5, 5.41) is 0. The van der Waals surface area contributed by atoms with Gasteiger partial charge in [-0.2, -0.15) is 0 Å². The summed E-state index contributed by atoms with van der Waals surface area (Å²) in [6.45, 7) is 8.63. The Morgan fingerprint density at radius 1 is 1.21 bits per heavy atom. The minimum absolute atomic E-state index is 0.219. The van der Waals surface area contributed by atoms with E-state index in [1.165, 1.54) is 30.5 Å². The molecule has 1 saturated carbocycles. The SMILES string of the molecule is CN(CC1CC1)C(CN)c1ccc(C(C)(C)C)cc1. The van der Waals surface area contributed by atoms with Crippen molar-refractivity contribution in [2.75, 3.05) is 20.1 Å². The summed E-state index contributed by atoms with van der Waals surface area (Å²) in [7, 11) is 2.20. The number of likely N-dealkylation sites (N-methyl/N-ethyl adjacent to an activating group) is 1. The van der Waals surface area contributed by atoms with Crippen LogP contribution in [0.2, 0.25) is 0 Å². The standard InChI is InChI=1S/C17H28N2/c1-17(2,3)15-9-7-14(8-10-15)16(11-18)19(4)12-13-5-6-13/h7-10,13,16H,5-6,11-12,18H2,1-4H3. The molecule has 0 radical (unpaired) electrons. The van der Waals surface area contributed by atoms with E-state index < -0.39 is 0 Å². The number of hydrogen-bond acceptors (Lipinski definition) is 2. The predicted octanol–water partition coefficient (Wildman–Crippen LogP) is 3.33. The Kier molecular flexibility index (Phi) is 4.32. The van der Waals surface area contributed by atoms with Crippen LogP contribution < -0.4 is 5.73 Å². The van der Waals surface area contributed by atoms with Crippen LogP contribution in [0.4, 0.5) is 0 Å². The highest BCUT2D eigenvalue weighted by molar-refractivity contribution is 5.29. The second kappa shape index (κ2) is 5.64. The van der Waals surface area contributed by atoms with Gasteiger partial charge in [-0.1, -0.05) is 45.0 Å². The zero-order valence-corrected chi connectivity index (χ0v) is 12.8. The first kappa shape index (κ1) is 14.5. The highest BCUT2D eigenvalue weighted by atomic mass is 15.1. The van der Waals surface area contributed by atoms with E-state index >= 15 is 0 Å². The minimum atomic E-state index is 0.219. The molecular weight excluding hydrogens is 232 g/mol. The van der Waals surface area contributed by atoms with Crippen molar-refractivity contribution in [3.63, 3.8) is 0 Å². The molecule has 1 aromatic rings. The largest absolute Gasteiger partial charge is 0.329 e. The van der Waals surface area contributed by atoms with Crippen molar-refractivity contribution in [3.05, 3.63) is 35.4 Å². The normalized spacial score (nSPS) is 17.8. The molecule has 0 bridgehead atoms. The minimum Gasteiger partial charge on any atom is -0.329 e. The average molecular weight is 260 g/mol. The average Bonchev–Trinajstić information content (AvgIpc) is 3.13. The van der Waals surface area contributed by atoms with Crippen LogP contribution >= 0.6 is 0 Å². The lowest BCUT2D eigenvalue weighted by Crippen LogP contribution is -2.32. The monoisotopic (exact) mass is 260 g/mol. The summed E-state index contributed by atoms with van der Waals surface area (Å²) in [5.74, 6) is 0.910. The maximum Gasteiger partial charge on any atom is 0.0467 e. The van der Waals surface area contributed by atoms with Crippen molar-refractivity contribution in [3.8, 4) is 0 Å². The molecule has 0 aliphatic heterocycles. The zero-order valence-electron chi connectivity index (χ0n) is 12.8. The molecule has 2 N–H and O–H groups in total. The molecule has 1 aliphatic carbocycles.